The van der Waals surface area contributed by atoms with E-state index >= 15 is 0 Å². The number of hydrogen-bond donors (Lipinski definition) is 1. The average molecular weight is 298 g/mol. The van der Waals surface area contributed by atoms with E-state index in [0.29, 0.717) is 43.3 Å². The number of anilines is 1. The van der Waals surface area contributed by atoms with Gasteiger partial charge in [-0.05, 0) is 25.8 Å². The second-order valence-electron chi connectivity index (χ2n) is 4.33. The van der Waals surface area contributed by atoms with Crippen LogP contribution in [0.25, 0.3) is 0 Å². The molecule has 0 saturated carbocycles. The number of thiophene rings is 1. The van der Waals surface area contributed by atoms with Crippen molar-refractivity contribution in [3.63, 3.8) is 0 Å². The second-order valence-corrected chi connectivity index (χ2v) is 5.47. The molecule has 1 amide bonds. The van der Waals surface area contributed by atoms with Gasteiger partial charge in [0.15, 0.2) is 0 Å². The van der Waals surface area contributed by atoms with Crippen LogP contribution in [0.2, 0.25) is 0 Å². The zero-order valence-electron chi connectivity index (χ0n) is 11.6. The van der Waals surface area contributed by atoms with E-state index in [4.69, 9.17) is 15.2 Å². The van der Waals surface area contributed by atoms with Crippen LogP contribution in [0.3, 0.4) is 0 Å². The number of fused-ring (bicyclic) bond motifs is 1. The third-order valence-corrected chi connectivity index (χ3v) is 4.14. The van der Waals surface area contributed by atoms with Gasteiger partial charge in [0.2, 0.25) is 0 Å². The lowest BCUT2D eigenvalue weighted by Gasteiger charge is -2.26. The number of carbonyl (C=O) groups is 2. The fourth-order valence-electron chi connectivity index (χ4n) is 2.22. The van der Waals surface area contributed by atoms with Crippen LogP contribution >= 0.6 is 11.3 Å². The molecule has 20 heavy (non-hydrogen) atoms. The van der Waals surface area contributed by atoms with Crippen LogP contribution in [0.1, 0.15) is 34.6 Å². The minimum atomic E-state index is -0.382. The Balaban J connectivity index is 2.21. The molecule has 1 aromatic heterocycles. The van der Waals surface area contributed by atoms with E-state index in [9.17, 15) is 9.59 Å². The standard InChI is InChI=1S/C13H18N2O4S/c1-3-18-12(16)10-8-5-6-15(13(17)19-4-2)7-9(8)20-11(10)14/h3-7,14H2,1-2H3. The van der Waals surface area contributed by atoms with Crippen LogP contribution in [0, 0.1) is 0 Å². The smallest absolute Gasteiger partial charge is 0.410 e. The van der Waals surface area contributed by atoms with Crippen molar-refractivity contribution in [1.29, 1.82) is 0 Å². The molecule has 2 rings (SSSR count). The fraction of sp³-hybridized carbons (Fsp3) is 0.538. The van der Waals surface area contributed by atoms with Gasteiger partial charge >= 0.3 is 12.1 Å². The maximum absolute atomic E-state index is 11.9. The minimum Gasteiger partial charge on any atom is -0.462 e. The van der Waals surface area contributed by atoms with Crippen LogP contribution in [-0.4, -0.2) is 36.7 Å². The molecule has 1 aliphatic heterocycles. The Morgan fingerprint density at radius 1 is 1.30 bits per heavy atom. The van der Waals surface area contributed by atoms with Crippen molar-refractivity contribution < 1.29 is 19.1 Å². The van der Waals surface area contributed by atoms with Gasteiger partial charge in [0.1, 0.15) is 5.00 Å². The van der Waals surface area contributed by atoms with Crippen molar-refractivity contribution in [2.75, 3.05) is 25.5 Å². The topological polar surface area (TPSA) is 81.9 Å². The molecule has 1 aromatic rings. The molecule has 110 valence electrons. The van der Waals surface area contributed by atoms with Gasteiger partial charge in [-0.3, -0.25) is 0 Å². The second kappa shape index (κ2) is 6.13. The van der Waals surface area contributed by atoms with Crippen molar-refractivity contribution in [3.8, 4) is 0 Å². The number of rotatable bonds is 3. The third kappa shape index (κ3) is 2.72. The lowest BCUT2D eigenvalue weighted by molar-refractivity contribution is 0.0526. The van der Waals surface area contributed by atoms with Gasteiger partial charge in [-0.2, -0.15) is 0 Å². The van der Waals surface area contributed by atoms with Crippen molar-refractivity contribution in [1.82, 2.24) is 4.90 Å². The molecule has 2 heterocycles. The molecule has 6 nitrogen and oxygen atoms in total. The summed E-state index contributed by atoms with van der Waals surface area (Å²) in [4.78, 5) is 26.2. The number of hydrogen-bond acceptors (Lipinski definition) is 6. The highest BCUT2D eigenvalue weighted by atomic mass is 32.1. The molecular formula is C13H18N2O4S. The Morgan fingerprint density at radius 2 is 2.00 bits per heavy atom. The quantitative estimate of drug-likeness (QED) is 0.863. The SMILES string of the molecule is CCOC(=O)c1c(N)sc2c1CCN(C(=O)OCC)C2. The number of amides is 1. The number of nitrogen functional groups attached to an aromatic ring is 1. The summed E-state index contributed by atoms with van der Waals surface area (Å²) in [6.07, 6.45) is 0.263. The fourth-order valence-corrected chi connectivity index (χ4v) is 3.34. The number of nitrogens with zero attached hydrogens (tertiary/aromatic N) is 1. The van der Waals surface area contributed by atoms with E-state index in [1.54, 1.807) is 18.7 Å². The predicted molar refractivity (Wildman–Crippen MR) is 75.8 cm³/mol. The van der Waals surface area contributed by atoms with E-state index in [2.05, 4.69) is 0 Å². The summed E-state index contributed by atoms with van der Waals surface area (Å²) in [5, 5.41) is 0.458. The van der Waals surface area contributed by atoms with Crippen LogP contribution in [-0.2, 0) is 22.4 Å². The summed E-state index contributed by atoms with van der Waals surface area (Å²) in [6.45, 7) is 5.15. The van der Waals surface area contributed by atoms with Gasteiger partial charge in [-0.25, -0.2) is 9.59 Å². The molecule has 2 N–H and O–H groups in total. The van der Waals surface area contributed by atoms with E-state index in [1.807, 2.05) is 0 Å². The summed E-state index contributed by atoms with van der Waals surface area (Å²) >= 11 is 1.34. The molecule has 0 unspecified atom stereocenters. The van der Waals surface area contributed by atoms with Gasteiger partial charge in [0.05, 0.1) is 25.3 Å². The van der Waals surface area contributed by atoms with E-state index < -0.39 is 0 Å². The van der Waals surface area contributed by atoms with E-state index in [1.165, 1.54) is 11.3 Å². The molecule has 0 spiro atoms. The molecule has 0 aromatic carbocycles. The Kier molecular flexibility index (Phi) is 4.49. The zero-order chi connectivity index (χ0) is 14.7. The van der Waals surface area contributed by atoms with E-state index in [0.717, 1.165) is 10.4 Å². The summed E-state index contributed by atoms with van der Waals surface area (Å²) in [5.41, 5.74) is 7.29. The number of ether oxygens (including phenoxy) is 2. The van der Waals surface area contributed by atoms with Gasteiger partial charge < -0.3 is 20.1 Å². The Bertz CT molecular complexity index is 527. The number of nitrogens with two attached hydrogens (primary N) is 1. The zero-order valence-corrected chi connectivity index (χ0v) is 12.4. The molecule has 0 bridgehead atoms. The normalized spacial score (nSPS) is 13.8. The van der Waals surface area contributed by atoms with Gasteiger partial charge in [-0.15, -0.1) is 11.3 Å². The molecule has 0 aliphatic carbocycles. The van der Waals surface area contributed by atoms with Crippen LogP contribution < -0.4 is 5.73 Å². The maximum Gasteiger partial charge on any atom is 0.410 e. The first kappa shape index (κ1) is 14.6. The lowest BCUT2D eigenvalue weighted by atomic mass is 10.0. The monoisotopic (exact) mass is 298 g/mol. The summed E-state index contributed by atoms with van der Waals surface area (Å²) < 4.78 is 10.0. The average Bonchev–Trinajstić information content (AvgIpc) is 2.74. The third-order valence-electron chi connectivity index (χ3n) is 3.09. The van der Waals surface area contributed by atoms with Gasteiger partial charge in [0.25, 0.3) is 0 Å². The molecular weight excluding hydrogens is 280 g/mol. The Labute approximate surface area is 121 Å². The Hall–Kier alpha value is -1.76. The van der Waals surface area contributed by atoms with Crippen molar-refractivity contribution in [2.45, 2.75) is 26.8 Å². The largest absolute Gasteiger partial charge is 0.462 e. The van der Waals surface area contributed by atoms with Crippen molar-refractivity contribution in [2.24, 2.45) is 0 Å². The van der Waals surface area contributed by atoms with Gasteiger partial charge in [-0.1, -0.05) is 0 Å². The summed E-state index contributed by atoms with van der Waals surface area (Å²) in [6, 6.07) is 0. The first-order chi connectivity index (χ1) is 9.58. The first-order valence-electron chi connectivity index (χ1n) is 6.57. The van der Waals surface area contributed by atoms with E-state index in [-0.39, 0.29) is 12.1 Å². The molecule has 0 atom stereocenters. The molecule has 1 aliphatic rings. The van der Waals surface area contributed by atoms with Crippen molar-refractivity contribution >= 4 is 28.4 Å². The van der Waals surface area contributed by atoms with Crippen LogP contribution in [0.5, 0.6) is 0 Å². The molecule has 0 saturated heterocycles. The highest BCUT2D eigenvalue weighted by Crippen LogP contribution is 2.35. The maximum atomic E-state index is 11.9. The number of carbonyl (C=O) groups excluding carboxylic acids is 2. The highest BCUT2D eigenvalue weighted by molar-refractivity contribution is 7.16. The van der Waals surface area contributed by atoms with Gasteiger partial charge in [0, 0.05) is 11.4 Å². The lowest BCUT2D eigenvalue weighted by Crippen LogP contribution is -2.36. The predicted octanol–water partition coefficient (Wildman–Crippen LogP) is 2.02. The minimum absolute atomic E-state index is 0.317. The van der Waals surface area contributed by atoms with Crippen molar-refractivity contribution in [3.05, 3.63) is 16.0 Å². The molecule has 0 radical (unpaired) electrons. The number of esters is 1. The summed E-state index contributed by atoms with van der Waals surface area (Å²) in [5.74, 6) is -0.382. The first-order valence-corrected chi connectivity index (χ1v) is 7.38. The van der Waals surface area contributed by atoms with Crippen LogP contribution in [0.15, 0.2) is 0 Å². The Morgan fingerprint density at radius 3 is 2.65 bits per heavy atom. The highest BCUT2D eigenvalue weighted by Gasteiger charge is 2.29. The molecule has 7 heteroatoms. The molecule has 0 fully saturated rings. The summed E-state index contributed by atoms with van der Waals surface area (Å²) in [7, 11) is 0. The van der Waals surface area contributed by atoms with Crippen LogP contribution in [0.4, 0.5) is 9.80 Å².